The quantitative estimate of drug-likeness (QED) is 0.738. The Morgan fingerprint density at radius 3 is 3.05 bits per heavy atom. The first kappa shape index (κ1) is 14.7. The van der Waals surface area contributed by atoms with Crippen LogP contribution in [-0.2, 0) is 11.2 Å². The van der Waals surface area contributed by atoms with Gasteiger partial charge in [0.05, 0.1) is 6.10 Å². The van der Waals surface area contributed by atoms with E-state index in [1.807, 2.05) is 0 Å². The minimum Gasteiger partial charge on any atom is -0.393 e. The third-order valence-electron chi connectivity index (χ3n) is 3.60. The zero-order valence-electron chi connectivity index (χ0n) is 11.7. The average Bonchev–Trinajstić information content (AvgIpc) is 2.37. The molecule has 6 nitrogen and oxygen atoms in total. The molecule has 0 aromatic carbocycles. The Morgan fingerprint density at radius 1 is 1.55 bits per heavy atom. The van der Waals surface area contributed by atoms with Gasteiger partial charge >= 0.3 is 0 Å². The van der Waals surface area contributed by atoms with Crippen LogP contribution in [0.2, 0.25) is 0 Å². The van der Waals surface area contributed by atoms with Crippen LogP contribution < -0.4 is 10.9 Å². The number of aliphatic hydroxyl groups excluding tert-OH is 1. The molecule has 0 saturated heterocycles. The molecule has 2 atom stereocenters. The van der Waals surface area contributed by atoms with Crippen LogP contribution in [0.15, 0.2) is 10.9 Å². The van der Waals surface area contributed by atoms with Crippen molar-refractivity contribution in [2.75, 3.05) is 6.54 Å². The van der Waals surface area contributed by atoms with Crippen molar-refractivity contribution in [1.82, 2.24) is 15.3 Å². The van der Waals surface area contributed by atoms with E-state index < -0.39 is 0 Å². The van der Waals surface area contributed by atoms with Gasteiger partial charge in [-0.25, -0.2) is 4.98 Å². The first-order chi connectivity index (χ1) is 9.54. The highest BCUT2D eigenvalue weighted by Crippen LogP contribution is 2.24. The number of H-pyrrole nitrogens is 1. The van der Waals surface area contributed by atoms with Crippen LogP contribution >= 0.6 is 0 Å². The summed E-state index contributed by atoms with van der Waals surface area (Å²) in [5, 5.41) is 12.4. The fraction of sp³-hybridized carbons (Fsp3) is 0.643. The van der Waals surface area contributed by atoms with Gasteiger partial charge in [0.15, 0.2) is 0 Å². The van der Waals surface area contributed by atoms with Crippen LogP contribution in [0.3, 0.4) is 0 Å². The third kappa shape index (κ3) is 4.16. The number of hydrogen-bond acceptors (Lipinski definition) is 4. The Hall–Kier alpha value is -1.69. The second kappa shape index (κ2) is 6.65. The lowest BCUT2D eigenvalue weighted by atomic mass is 9.87. The maximum Gasteiger partial charge on any atom is 0.251 e. The predicted octanol–water partition coefficient (Wildman–Crippen LogP) is 0.288. The topological polar surface area (TPSA) is 95.1 Å². The molecule has 1 amide bonds. The van der Waals surface area contributed by atoms with Gasteiger partial charge in [-0.3, -0.25) is 9.59 Å². The predicted molar refractivity (Wildman–Crippen MR) is 74.3 cm³/mol. The van der Waals surface area contributed by atoms with Gasteiger partial charge in [-0.2, -0.15) is 0 Å². The summed E-state index contributed by atoms with van der Waals surface area (Å²) in [6.45, 7) is 2.21. The van der Waals surface area contributed by atoms with E-state index in [-0.39, 0.29) is 23.5 Å². The fourth-order valence-corrected chi connectivity index (χ4v) is 2.61. The molecule has 0 bridgehead atoms. The molecular formula is C14H21N3O3. The molecule has 6 heteroatoms. The Morgan fingerprint density at radius 2 is 2.35 bits per heavy atom. The molecule has 1 aromatic heterocycles. The van der Waals surface area contributed by atoms with Gasteiger partial charge in [-0.15, -0.1) is 0 Å². The fourth-order valence-electron chi connectivity index (χ4n) is 2.61. The normalized spacial score (nSPS) is 22.5. The van der Waals surface area contributed by atoms with Crippen molar-refractivity contribution in [1.29, 1.82) is 0 Å². The number of aryl methyl sites for hydroxylation is 1. The highest BCUT2D eigenvalue weighted by Gasteiger charge is 2.25. The molecule has 1 aliphatic rings. The molecule has 0 radical (unpaired) electrons. The van der Waals surface area contributed by atoms with Crippen molar-refractivity contribution in [3.8, 4) is 0 Å². The number of nitrogens with zero attached hydrogens (tertiary/aromatic N) is 1. The minimum atomic E-state index is -0.353. The summed E-state index contributed by atoms with van der Waals surface area (Å²) >= 11 is 0. The summed E-state index contributed by atoms with van der Waals surface area (Å²) in [5.74, 6) is 0.473. The Bertz CT molecular complexity index is 527. The number of aromatic amines is 1. The molecule has 0 spiro atoms. The number of nitrogens with one attached hydrogen (secondary N) is 2. The Labute approximate surface area is 117 Å². The standard InChI is InChI=1S/C14H21N3O3/c1-9-7-13(19)17-12(16-9)5-6-15-14(20)10-3-2-4-11(18)8-10/h7,10-11,18H,2-6,8H2,1H3,(H,15,20)(H,16,17,19)/t10-,11+/m0/s1. The lowest BCUT2D eigenvalue weighted by Gasteiger charge is -2.24. The molecule has 20 heavy (non-hydrogen) atoms. The summed E-state index contributed by atoms with van der Waals surface area (Å²) in [4.78, 5) is 30.1. The van der Waals surface area contributed by atoms with Crippen molar-refractivity contribution in [2.24, 2.45) is 5.92 Å². The van der Waals surface area contributed by atoms with Crippen LogP contribution in [0.4, 0.5) is 0 Å². The number of aromatic nitrogens is 2. The van der Waals surface area contributed by atoms with E-state index >= 15 is 0 Å². The van der Waals surface area contributed by atoms with Crippen LogP contribution in [0.5, 0.6) is 0 Å². The minimum absolute atomic E-state index is 0.0150. The molecule has 2 rings (SSSR count). The number of carbonyl (C=O) groups is 1. The van der Waals surface area contributed by atoms with Gasteiger partial charge in [0.2, 0.25) is 5.91 Å². The molecule has 0 aliphatic heterocycles. The highest BCUT2D eigenvalue weighted by atomic mass is 16.3. The van der Waals surface area contributed by atoms with Crippen LogP contribution in [0, 0.1) is 12.8 Å². The lowest BCUT2D eigenvalue weighted by molar-refractivity contribution is -0.127. The Balaban J connectivity index is 1.80. The molecule has 1 aromatic rings. The second-order valence-corrected chi connectivity index (χ2v) is 5.39. The number of aliphatic hydroxyl groups is 1. The Kier molecular flexibility index (Phi) is 4.89. The van der Waals surface area contributed by atoms with E-state index in [0.717, 1.165) is 19.3 Å². The molecule has 3 N–H and O–H groups in total. The van der Waals surface area contributed by atoms with Crippen molar-refractivity contribution in [2.45, 2.75) is 45.1 Å². The smallest absolute Gasteiger partial charge is 0.251 e. The van der Waals surface area contributed by atoms with Gasteiger partial charge in [0.1, 0.15) is 5.82 Å². The summed E-state index contributed by atoms with van der Waals surface area (Å²) in [5.41, 5.74) is 0.500. The van der Waals surface area contributed by atoms with Crippen molar-refractivity contribution in [3.05, 3.63) is 27.9 Å². The van der Waals surface area contributed by atoms with Gasteiger partial charge in [-0.05, 0) is 26.2 Å². The number of hydrogen-bond donors (Lipinski definition) is 3. The zero-order chi connectivity index (χ0) is 14.5. The number of rotatable bonds is 4. The summed E-state index contributed by atoms with van der Waals surface area (Å²) in [6.07, 6.45) is 3.21. The summed E-state index contributed by atoms with van der Waals surface area (Å²) in [6, 6.07) is 1.44. The first-order valence-corrected chi connectivity index (χ1v) is 7.07. The van der Waals surface area contributed by atoms with Crippen molar-refractivity contribution >= 4 is 5.91 Å². The van der Waals surface area contributed by atoms with Crippen molar-refractivity contribution in [3.63, 3.8) is 0 Å². The van der Waals surface area contributed by atoms with Crippen LogP contribution in [0.25, 0.3) is 0 Å². The SMILES string of the molecule is Cc1cc(=O)[nH]c(CCNC(=O)[C@H]2CCC[C@@H](O)C2)n1. The van der Waals surface area contributed by atoms with Crippen molar-refractivity contribution < 1.29 is 9.90 Å². The second-order valence-electron chi connectivity index (χ2n) is 5.39. The molecule has 1 aliphatic carbocycles. The molecule has 1 heterocycles. The zero-order valence-corrected chi connectivity index (χ0v) is 11.7. The van der Waals surface area contributed by atoms with E-state index in [0.29, 0.717) is 30.9 Å². The molecule has 110 valence electrons. The van der Waals surface area contributed by atoms with Gasteiger partial charge < -0.3 is 15.4 Å². The van der Waals surface area contributed by atoms with E-state index in [9.17, 15) is 14.7 Å². The van der Waals surface area contributed by atoms with E-state index in [1.54, 1.807) is 6.92 Å². The van der Waals surface area contributed by atoms with Gasteiger partial charge in [0, 0.05) is 30.6 Å². The molecule has 1 fully saturated rings. The van der Waals surface area contributed by atoms with E-state index in [2.05, 4.69) is 15.3 Å². The number of amides is 1. The number of carbonyl (C=O) groups excluding carboxylic acids is 1. The lowest BCUT2D eigenvalue weighted by Crippen LogP contribution is -2.36. The molecule has 1 saturated carbocycles. The highest BCUT2D eigenvalue weighted by molar-refractivity contribution is 5.78. The summed E-state index contributed by atoms with van der Waals surface area (Å²) in [7, 11) is 0. The van der Waals surface area contributed by atoms with Crippen LogP contribution in [0.1, 0.15) is 37.2 Å². The maximum absolute atomic E-state index is 12.0. The maximum atomic E-state index is 12.0. The van der Waals surface area contributed by atoms with Gasteiger partial charge in [0.25, 0.3) is 5.56 Å². The van der Waals surface area contributed by atoms with E-state index in [1.165, 1.54) is 6.07 Å². The van der Waals surface area contributed by atoms with E-state index in [4.69, 9.17) is 0 Å². The third-order valence-corrected chi connectivity index (χ3v) is 3.60. The monoisotopic (exact) mass is 279 g/mol. The molecule has 0 unspecified atom stereocenters. The summed E-state index contributed by atoms with van der Waals surface area (Å²) < 4.78 is 0. The van der Waals surface area contributed by atoms with Crippen LogP contribution in [-0.4, -0.2) is 33.6 Å². The average molecular weight is 279 g/mol. The first-order valence-electron chi connectivity index (χ1n) is 7.07. The largest absolute Gasteiger partial charge is 0.393 e. The molecular weight excluding hydrogens is 258 g/mol. The van der Waals surface area contributed by atoms with Gasteiger partial charge in [-0.1, -0.05) is 6.42 Å².